The van der Waals surface area contributed by atoms with E-state index in [0.29, 0.717) is 6.54 Å². The molecular formula is C10H19NO3. The highest BCUT2D eigenvalue weighted by atomic mass is 16.5. The fraction of sp³-hybridized carbons (Fsp3) is 0.900. The second kappa shape index (κ2) is 5.98. The zero-order chi connectivity index (χ0) is 10.4. The minimum absolute atomic E-state index is 0.0468. The quantitative estimate of drug-likeness (QED) is 0.656. The molecule has 0 spiro atoms. The molecule has 4 heteroatoms. The van der Waals surface area contributed by atoms with Crippen LogP contribution < -0.4 is 0 Å². The Bertz CT molecular complexity index is 178. The summed E-state index contributed by atoms with van der Waals surface area (Å²) >= 11 is 0. The number of ether oxygens (including phenoxy) is 2. The molecule has 1 unspecified atom stereocenters. The van der Waals surface area contributed by atoms with Crippen LogP contribution in [0, 0.1) is 0 Å². The molecule has 82 valence electrons. The highest BCUT2D eigenvalue weighted by molar-refractivity contribution is 5.77. The fourth-order valence-corrected chi connectivity index (χ4v) is 1.66. The van der Waals surface area contributed by atoms with Crippen LogP contribution in [0.1, 0.15) is 19.8 Å². The summed E-state index contributed by atoms with van der Waals surface area (Å²) in [5.74, 6) is 0.0468. The van der Waals surface area contributed by atoms with Gasteiger partial charge in [0.25, 0.3) is 0 Å². The smallest absolute Gasteiger partial charge is 0.248 e. The number of nitrogens with zero attached hydrogens (tertiary/aromatic N) is 1. The zero-order valence-corrected chi connectivity index (χ0v) is 8.99. The lowest BCUT2D eigenvalue weighted by Gasteiger charge is -2.23. The van der Waals surface area contributed by atoms with Crippen molar-refractivity contribution in [2.75, 3.05) is 33.4 Å². The first-order chi connectivity index (χ1) is 6.77. The van der Waals surface area contributed by atoms with E-state index in [9.17, 15) is 4.79 Å². The molecule has 0 aromatic heterocycles. The molecule has 1 amide bonds. The Hall–Kier alpha value is -0.610. The number of likely N-dealkylation sites (N-methyl/N-ethyl adjacent to an activating group) is 1. The number of hydrogen-bond donors (Lipinski definition) is 0. The van der Waals surface area contributed by atoms with Crippen LogP contribution in [0.5, 0.6) is 0 Å². The van der Waals surface area contributed by atoms with Crippen molar-refractivity contribution in [3.05, 3.63) is 0 Å². The third-order valence-electron chi connectivity index (χ3n) is 2.45. The van der Waals surface area contributed by atoms with Gasteiger partial charge >= 0.3 is 0 Å². The average molecular weight is 201 g/mol. The van der Waals surface area contributed by atoms with Crippen molar-refractivity contribution in [3.8, 4) is 0 Å². The van der Waals surface area contributed by atoms with Crippen LogP contribution in [0.15, 0.2) is 0 Å². The second-order valence-corrected chi connectivity index (χ2v) is 3.50. The molecule has 4 nitrogen and oxygen atoms in total. The SMILES string of the molecule is CCN(CC1CCCO1)C(=O)COC. The Balaban J connectivity index is 2.33. The summed E-state index contributed by atoms with van der Waals surface area (Å²) in [7, 11) is 1.54. The van der Waals surface area contributed by atoms with Crippen molar-refractivity contribution in [1.29, 1.82) is 0 Å². The van der Waals surface area contributed by atoms with Crippen molar-refractivity contribution in [2.45, 2.75) is 25.9 Å². The maximum Gasteiger partial charge on any atom is 0.248 e. The fourth-order valence-electron chi connectivity index (χ4n) is 1.66. The van der Waals surface area contributed by atoms with Crippen LogP contribution in [0.4, 0.5) is 0 Å². The molecule has 1 aliphatic heterocycles. The lowest BCUT2D eigenvalue weighted by atomic mass is 10.2. The number of hydrogen-bond acceptors (Lipinski definition) is 3. The van der Waals surface area contributed by atoms with Crippen molar-refractivity contribution >= 4 is 5.91 Å². The first-order valence-electron chi connectivity index (χ1n) is 5.16. The van der Waals surface area contributed by atoms with E-state index in [1.165, 1.54) is 7.11 Å². The van der Waals surface area contributed by atoms with Gasteiger partial charge in [0.05, 0.1) is 6.10 Å². The van der Waals surface area contributed by atoms with Gasteiger partial charge in [-0.05, 0) is 19.8 Å². The summed E-state index contributed by atoms with van der Waals surface area (Å²) in [6, 6.07) is 0. The molecule has 0 N–H and O–H groups in total. The first kappa shape index (κ1) is 11.5. The van der Waals surface area contributed by atoms with Gasteiger partial charge < -0.3 is 14.4 Å². The largest absolute Gasteiger partial charge is 0.376 e. The van der Waals surface area contributed by atoms with Crippen LogP contribution in [0.3, 0.4) is 0 Å². The number of amides is 1. The average Bonchev–Trinajstić information content (AvgIpc) is 2.66. The molecule has 0 radical (unpaired) electrons. The Morgan fingerprint density at radius 2 is 2.43 bits per heavy atom. The summed E-state index contributed by atoms with van der Waals surface area (Å²) in [4.78, 5) is 13.3. The topological polar surface area (TPSA) is 38.8 Å². The summed E-state index contributed by atoms with van der Waals surface area (Å²) in [5.41, 5.74) is 0. The van der Waals surface area contributed by atoms with Gasteiger partial charge in [-0.2, -0.15) is 0 Å². The molecule has 1 heterocycles. The standard InChI is InChI=1S/C10H19NO3/c1-3-11(10(12)8-13-2)7-9-5-4-6-14-9/h9H,3-8H2,1-2H3. The lowest BCUT2D eigenvalue weighted by Crippen LogP contribution is -2.39. The van der Waals surface area contributed by atoms with E-state index in [4.69, 9.17) is 9.47 Å². The molecule has 14 heavy (non-hydrogen) atoms. The number of carbonyl (C=O) groups excluding carboxylic acids is 1. The van der Waals surface area contributed by atoms with Gasteiger partial charge in [-0.25, -0.2) is 0 Å². The Labute approximate surface area is 85.2 Å². The Morgan fingerprint density at radius 1 is 1.64 bits per heavy atom. The maximum atomic E-state index is 11.5. The molecule has 1 fully saturated rings. The van der Waals surface area contributed by atoms with Crippen LogP contribution in [0.25, 0.3) is 0 Å². The van der Waals surface area contributed by atoms with Crippen molar-refractivity contribution in [2.24, 2.45) is 0 Å². The molecule has 1 atom stereocenters. The Kier molecular flexibility index (Phi) is 4.90. The zero-order valence-electron chi connectivity index (χ0n) is 8.99. The van der Waals surface area contributed by atoms with Crippen LogP contribution >= 0.6 is 0 Å². The number of methoxy groups -OCH3 is 1. The molecule has 0 saturated carbocycles. The second-order valence-electron chi connectivity index (χ2n) is 3.50. The van der Waals surface area contributed by atoms with E-state index in [2.05, 4.69) is 0 Å². The molecule has 1 aliphatic rings. The van der Waals surface area contributed by atoms with Crippen LogP contribution in [-0.2, 0) is 14.3 Å². The number of carbonyl (C=O) groups is 1. The van der Waals surface area contributed by atoms with E-state index < -0.39 is 0 Å². The normalized spacial score (nSPS) is 21.1. The summed E-state index contributed by atoms with van der Waals surface area (Å²) < 4.78 is 10.3. The third-order valence-corrected chi connectivity index (χ3v) is 2.45. The van der Waals surface area contributed by atoms with Gasteiger partial charge in [-0.15, -0.1) is 0 Å². The molecular weight excluding hydrogens is 182 g/mol. The molecule has 0 aromatic carbocycles. The summed E-state index contributed by atoms with van der Waals surface area (Å²) in [5, 5.41) is 0. The van der Waals surface area contributed by atoms with E-state index >= 15 is 0 Å². The monoisotopic (exact) mass is 201 g/mol. The number of rotatable bonds is 5. The van der Waals surface area contributed by atoms with Gasteiger partial charge in [0.15, 0.2) is 0 Å². The highest BCUT2D eigenvalue weighted by Gasteiger charge is 2.21. The summed E-state index contributed by atoms with van der Waals surface area (Å²) in [6.45, 7) is 4.41. The minimum atomic E-state index is 0.0468. The molecule has 1 rings (SSSR count). The lowest BCUT2D eigenvalue weighted by molar-refractivity contribution is -0.136. The van der Waals surface area contributed by atoms with Crippen molar-refractivity contribution in [3.63, 3.8) is 0 Å². The Morgan fingerprint density at radius 3 is 2.93 bits per heavy atom. The summed E-state index contributed by atoms with van der Waals surface area (Å²) in [6.07, 6.45) is 2.41. The third kappa shape index (κ3) is 3.27. The van der Waals surface area contributed by atoms with Gasteiger partial charge in [-0.3, -0.25) is 4.79 Å². The van der Waals surface area contributed by atoms with E-state index in [0.717, 1.165) is 26.0 Å². The van der Waals surface area contributed by atoms with Crippen molar-refractivity contribution < 1.29 is 14.3 Å². The predicted molar refractivity (Wildman–Crippen MR) is 53.1 cm³/mol. The van der Waals surface area contributed by atoms with E-state index in [1.807, 2.05) is 6.92 Å². The first-order valence-corrected chi connectivity index (χ1v) is 5.16. The molecule has 0 aromatic rings. The van der Waals surface area contributed by atoms with Gasteiger partial charge in [0, 0.05) is 26.8 Å². The van der Waals surface area contributed by atoms with E-state index in [1.54, 1.807) is 4.90 Å². The molecule has 0 aliphatic carbocycles. The van der Waals surface area contributed by atoms with E-state index in [-0.39, 0.29) is 18.6 Å². The molecule has 1 saturated heterocycles. The maximum absolute atomic E-state index is 11.5. The van der Waals surface area contributed by atoms with Crippen LogP contribution in [-0.4, -0.2) is 50.3 Å². The molecule has 0 bridgehead atoms. The highest BCUT2D eigenvalue weighted by Crippen LogP contribution is 2.13. The van der Waals surface area contributed by atoms with Crippen LogP contribution in [0.2, 0.25) is 0 Å². The van der Waals surface area contributed by atoms with Gasteiger partial charge in [-0.1, -0.05) is 0 Å². The minimum Gasteiger partial charge on any atom is -0.376 e. The van der Waals surface area contributed by atoms with Crippen molar-refractivity contribution in [1.82, 2.24) is 4.90 Å². The van der Waals surface area contributed by atoms with Gasteiger partial charge in [0.2, 0.25) is 5.91 Å². The van der Waals surface area contributed by atoms with Gasteiger partial charge in [0.1, 0.15) is 6.61 Å². The predicted octanol–water partition coefficient (Wildman–Crippen LogP) is 0.660.